The standard InChI is InChI=1S/C27H22N4O3S/c1-31(27(33)21-12-17-6-3-4-8-20(17)30-21)22-10-9-16(13-23(22)34-2)19-15-35-25-18(7-5-11-32)14-29-26(28)24(19)25/h3-15,30H,1-2H3,(H2,28,29). The molecule has 0 unspecified atom stereocenters. The third kappa shape index (κ3) is 3.94. The number of allylic oxidation sites excluding steroid dienone is 1. The van der Waals surface area contributed by atoms with E-state index in [1.165, 1.54) is 17.4 Å². The van der Waals surface area contributed by atoms with Crippen molar-refractivity contribution in [3.63, 3.8) is 0 Å². The number of hydrogen-bond donors (Lipinski definition) is 2. The summed E-state index contributed by atoms with van der Waals surface area (Å²) in [6, 6.07) is 15.3. The first-order valence-corrected chi connectivity index (χ1v) is 11.7. The van der Waals surface area contributed by atoms with Gasteiger partial charge in [0.15, 0.2) is 0 Å². The lowest BCUT2D eigenvalue weighted by Crippen LogP contribution is -2.26. The number of nitrogens with two attached hydrogens (primary N) is 1. The fraction of sp³-hybridized carbons (Fsp3) is 0.0741. The topological polar surface area (TPSA) is 101 Å². The van der Waals surface area contributed by atoms with E-state index in [1.54, 1.807) is 31.3 Å². The molecule has 0 aliphatic rings. The van der Waals surface area contributed by atoms with Gasteiger partial charge in [0.1, 0.15) is 23.5 Å². The number of ether oxygens (including phenoxy) is 1. The fourth-order valence-electron chi connectivity index (χ4n) is 4.16. The molecular formula is C27H22N4O3S. The van der Waals surface area contributed by atoms with Gasteiger partial charge >= 0.3 is 0 Å². The zero-order chi connectivity index (χ0) is 24.5. The number of aromatic amines is 1. The number of thiophene rings is 1. The second-order valence-electron chi connectivity index (χ2n) is 7.97. The molecule has 0 spiro atoms. The summed E-state index contributed by atoms with van der Waals surface area (Å²) in [6.07, 6.45) is 5.54. The Bertz CT molecular complexity index is 1580. The molecule has 35 heavy (non-hydrogen) atoms. The number of nitrogen functional groups attached to an aromatic ring is 1. The summed E-state index contributed by atoms with van der Waals surface area (Å²) in [5.74, 6) is 0.791. The summed E-state index contributed by atoms with van der Waals surface area (Å²) in [5, 5.41) is 3.80. The minimum atomic E-state index is -0.173. The van der Waals surface area contributed by atoms with E-state index in [0.29, 0.717) is 22.9 Å². The van der Waals surface area contributed by atoms with E-state index in [0.717, 1.165) is 44.0 Å². The molecule has 0 aliphatic carbocycles. The quantitative estimate of drug-likeness (QED) is 0.245. The largest absolute Gasteiger partial charge is 0.495 e. The molecule has 7 nitrogen and oxygen atoms in total. The molecule has 3 heterocycles. The SMILES string of the molecule is COc1cc(-c2csc3c(C=CC=O)cnc(N)c23)ccc1N(C)C(=O)c1cc2ccccc2[nH]1. The maximum absolute atomic E-state index is 13.2. The number of nitrogens with one attached hydrogen (secondary N) is 1. The van der Waals surface area contributed by atoms with Crippen molar-refractivity contribution in [2.24, 2.45) is 0 Å². The third-order valence-corrected chi connectivity index (χ3v) is 6.95. The molecule has 8 heteroatoms. The average molecular weight is 483 g/mol. The number of aldehydes is 1. The number of fused-ring (bicyclic) bond motifs is 2. The van der Waals surface area contributed by atoms with Crippen LogP contribution in [0.1, 0.15) is 16.1 Å². The first-order valence-electron chi connectivity index (χ1n) is 10.8. The van der Waals surface area contributed by atoms with Crippen LogP contribution < -0.4 is 15.4 Å². The minimum absolute atomic E-state index is 0.173. The number of carbonyl (C=O) groups excluding carboxylic acids is 2. The summed E-state index contributed by atoms with van der Waals surface area (Å²) in [6.45, 7) is 0. The monoisotopic (exact) mass is 482 g/mol. The van der Waals surface area contributed by atoms with Crippen LogP contribution in [0.3, 0.4) is 0 Å². The number of anilines is 2. The van der Waals surface area contributed by atoms with E-state index in [4.69, 9.17) is 10.5 Å². The lowest BCUT2D eigenvalue weighted by molar-refractivity contribution is -0.104. The Morgan fingerprint density at radius 1 is 1.20 bits per heavy atom. The van der Waals surface area contributed by atoms with E-state index in [2.05, 4.69) is 9.97 Å². The van der Waals surface area contributed by atoms with Gasteiger partial charge in [-0.25, -0.2) is 4.98 Å². The van der Waals surface area contributed by atoms with Crippen LogP contribution in [0.15, 0.2) is 66.2 Å². The fourth-order valence-corrected chi connectivity index (χ4v) is 5.24. The number of hydrogen-bond acceptors (Lipinski definition) is 6. The number of benzene rings is 2. The smallest absolute Gasteiger partial charge is 0.274 e. The second kappa shape index (κ2) is 9.08. The number of rotatable bonds is 6. The molecule has 0 bridgehead atoms. The van der Waals surface area contributed by atoms with Gasteiger partial charge in [-0.05, 0) is 47.4 Å². The Morgan fingerprint density at radius 3 is 2.80 bits per heavy atom. The van der Waals surface area contributed by atoms with E-state index >= 15 is 0 Å². The predicted molar refractivity (Wildman–Crippen MR) is 142 cm³/mol. The van der Waals surface area contributed by atoms with Crippen LogP contribution in [0.5, 0.6) is 5.75 Å². The maximum atomic E-state index is 13.2. The highest BCUT2D eigenvalue weighted by molar-refractivity contribution is 7.18. The predicted octanol–water partition coefficient (Wildman–Crippen LogP) is 5.52. The number of carbonyl (C=O) groups is 2. The molecule has 0 saturated carbocycles. The van der Waals surface area contributed by atoms with E-state index in [-0.39, 0.29) is 5.91 Å². The van der Waals surface area contributed by atoms with Crippen LogP contribution in [0.2, 0.25) is 0 Å². The van der Waals surface area contributed by atoms with Gasteiger partial charge in [0.2, 0.25) is 0 Å². The molecule has 5 rings (SSSR count). The number of methoxy groups -OCH3 is 1. The van der Waals surface area contributed by atoms with Crippen molar-refractivity contribution in [3.05, 3.63) is 77.4 Å². The van der Waals surface area contributed by atoms with Gasteiger partial charge in [0.25, 0.3) is 5.91 Å². The Hall–Kier alpha value is -4.43. The summed E-state index contributed by atoms with van der Waals surface area (Å²) in [4.78, 5) is 33.1. The van der Waals surface area contributed by atoms with Gasteiger partial charge in [-0.2, -0.15) is 0 Å². The molecule has 1 amide bonds. The number of para-hydroxylation sites is 1. The lowest BCUT2D eigenvalue weighted by Gasteiger charge is -2.20. The Balaban J connectivity index is 1.53. The summed E-state index contributed by atoms with van der Waals surface area (Å²) in [5.41, 5.74) is 10.9. The lowest BCUT2D eigenvalue weighted by atomic mass is 10.0. The molecular weight excluding hydrogens is 460 g/mol. The van der Waals surface area contributed by atoms with Gasteiger partial charge < -0.3 is 20.4 Å². The van der Waals surface area contributed by atoms with E-state index < -0.39 is 0 Å². The number of amides is 1. The van der Waals surface area contributed by atoms with E-state index in [9.17, 15) is 9.59 Å². The van der Waals surface area contributed by atoms with Crippen molar-refractivity contribution in [3.8, 4) is 16.9 Å². The van der Waals surface area contributed by atoms with Crippen molar-refractivity contribution in [2.45, 2.75) is 0 Å². The minimum Gasteiger partial charge on any atom is -0.495 e. The average Bonchev–Trinajstić information content (AvgIpc) is 3.53. The second-order valence-corrected chi connectivity index (χ2v) is 8.85. The van der Waals surface area contributed by atoms with E-state index in [1.807, 2.05) is 53.9 Å². The van der Waals surface area contributed by atoms with Crippen LogP contribution in [0.4, 0.5) is 11.5 Å². The highest BCUT2D eigenvalue weighted by Crippen LogP contribution is 2.41. The van der Waals surface area contributed by atoms with Gasteiger partial charge in [-0.1, -0.05) is 24.3 Å². The highest BCUT2D eigenvalue weighted by Gasteiger charge is 2.21. The molecule has 174 valence electrons. The third-order valence-electron chi connectivity index (χ3n) is 5.92. The molecule has 0 aliphatic heterocycles. The molecule has 3 N–H and O–H groups in total. The Kier molecular flexibility index (Phi) is 5.80. The number of pyridine rings is 1. The number of H-pyrrole nitrogens is 1. The van der Waals surface area contributed by atoms with Crippen molar-refractivity contribution in [1.82, 2.24) is 9.97 Å². The molecule has 5 aromatic rings. The molecule has 2 aromatic carbocycles. The van der Waals surface area contributed by atoms with Crippen molar-refractivity contribution in [2.75, 3.05) is 24.8 Å². The zero-order valence-electron chi connectivity index (χ0n) is 19.1. The summed E-state index contributed by atoms with van der Waals surface area (Å²) >= 11 is 1.53. The molecule has 3 aromatic heterocycles. The molecule has 0 atom stereocenters. The van der Waals surface area contributed by atoms with Crippen LogP contribution in [-0.2, 0) is 4.79 Å². The van der Waals surface area contributed by atoms with Crippen molar-refractivity contribution >= 4 is 62.1 Å². The van der Waals surface area contributed by atoms with Crippen molar-refractivity contribution < 1.29 is 14.3 Å². The zero-order valence-corrected chi connectivity index (χ0v) is 19.9. The van der Waals surface area contributed by atoms with Gasteiger partial charge in [-0.15, -0.1) is 11.3 Å². The number of nitrogens with zero attached hydrogens (tertiary/aromatic N) is 2. The first-order chi connectivity index (χ1) is 17.0. The summed E-state index contributed by atoms with van der Waals surface area (Å²) in [7, 11) is 3.30. The summed E-state index contributed by atoms with van der Waals surface area (Å²) < 4.78 is 6.62. The van der Waals surface area contributed by atoms with Crippen LogP contribution in [0.25, 0.3) is 38.2 Å². The van der Waals surface area contributed by atoms with Crippen LogP contribution in [0, 0.1) is 0 Å². The first kappa shape index (κ1) is 22.4. The molecule has 0 fully saturated rings. The van der Waals surface area contributed by atoms with Crippen molar-refractivity contribution in [1.29, 1.82) is 0 Å². The van der Waals surface area contributed by atoms with Gasteiger partial charge in [0, 0.05) is 45.4 Å². The normalized spacial score (nSPS) is 11.4. The highest BCUT2D eigenvalue weighted by atomic mass is 32.1. The maximum Gasteiger partial charge on any atom is 0.274 e. The Morgan fingerprint density at radius 2 is 2.03 bits per heavy atom. The van der Waals surface area contributed by atoms with Crippen LogP contribution >= 0.6 is 11.3 Å². The molecule has 0 saturated heterocycles. The van der Waals surface area contributed by atoms with Crippen LogP contribution in [-0.4, -0.2) is 36.3 Å². The van der Waals surface area contributed by atoms with Gasteiger partial charge in [-0.3, -0.25) is 9.59 Å². The number of aromatic nitrogens is 2. The Labute approximate surface area is 205 Å². The molecule has 0 radical (unpaired) electrons. The van der Waals surface area contributed by atoms with Gasteiger partial charge in [0.05, 0.1) is 12.8 Å².